The molecule has 0 saturated carbocycles. The van der Waals surface area contributed by atoms with Gasteiger partial charge in [0.15, 0.2) is 0 Å². The van der Waals surface area contributed by atoms with Crippen LogP contribution in [0.15, 0.2) is 42.5 Å². The van der Waals surface area contributed by atoms with Crippen LogP contribution < -0.4 is 11.1 Å². The number of aromatic amines is 1. The zero-order chi connectivity index (χ0) is 20.1. The van der Waals surface area contributed by atoms with Gasteiger partial charge >= 0.3 is 0 Å². The third-order valence-corrected chi connectivity index (χ3v) is 5.52. The number of amides is 1. The number of nitrogens with one attached hydrogen (secondary N) is 2. The van der Waals surface area contributed by atoms with Crippen molar-refractivity contribution >= 4 is 34.2 Å². The number of nitrogens with zero attached hydrogens (tertiary/aromatic N) is 2. The van der Waals surface area contributed by atoms with Crippen molar-refractivity contribution in [3.63, 3.8) is 0 Å². The Morgan fingerprint density at radius 2 is 1.93 bits per heavy atom. The molecule has 0 spiro atoms. The largest absolute Gasteiger partial charge is 0.399 e. The number of hydrogen-bond donors (Lipinski definition) is 3. The van der Waals surface area contributed by atoms with E-state index in [-0.39, 0.29) is 5.91 Å². The molecule has 3 heterocycles. The second-order valence-corrected chi connectivity index (χ2v) is 7.56. The highest BCUT2D eigenvalue weighted by Gasteiger charge is 2.21. The Morgan fingerprint density at radius 3 is 2.72 bits per heavy atom. The molecule has 5 rings (SSSR count). The summed E-state index contributed by atoms with van der Waals surface area (Å²) in [7, 11) is 0. The second kappa shape index (κ2) is 6.60. The van der Waals surface area contributed by atoms with Crippen LogP contribution in [0.4, 0.5) is 5.69 Å². The highest BCUT2D eigenvalue weighted by Crippen LogP contribution is 2.34. The van der Waals surface area contributed by atoms with Crippen LogP contribution in [0.3, 0.4) is 0 Å². The number of carbonyl (C=O) groups excluding carboxylic acids is 1. The number of H-pyrrole nitrogens is 1. The third kappa shape index (κ3) is 2.93. The number of rotatable bonds is 2. The molecule has 0 saturated heterocycles. The molecule has 29 heavy (non-hydrogen) atoms. The lowest BCUT2D eigenvalue weighted by atomic mass is 10.1. The number of aryl methyl sites for hydroxylation is 1. The number of nitrogens with two attached hydrogens (primary N) is 1. The van der Waals surface area contributed by atoms with Crippen molar-refractivity contribution in [2.75, 3.05) is 12.3 Å². The summed E-state index contributed by atoms with van der Waals surface area (Å²) in [5.41, 5.74) is 13.6. The summed E-state index contributed by atoms with van der Waals surface area (Å²) in [6.45, 7) is 2.55. The van der Waals surface area contributed by atoms with Crippen LogP contribution >= 0.6 is 11.6 Å². The van der Waals surface area contributed by atoms with Crippen molar-refractivity contribution in [2.45, 2.75) is 13.3 Å². The molecule has 1 amide bonds. The van der Waals surface area contributed by atoms with Gasteiger partial charge in [0.25, 0.3) is 5.91 Å². The zero-order valence-electron chi connectivity index (χ0n) is 15.7. The maximum absolute atomic E-state index is 12.2. The maximum atomic E-state index is 12.2. The van der Waals surface area contributed by atoms with Crippen molar-refractivity contribution in [1.29, 1.82) is 0 Å². The molecule has 6 nitrogen and oxygen atoms in total. The normalized spacial score (nSPS) is 13.4. The number of fused-ring (bicyclic) bond motifs is 2. The molecule has 0 bridgehead atoms. The van der Waals surface area contributed by atoms with Gasteiger partial charge in [-0.05, 0) is 37.3 Å². The van der Waals surface area contributed by atoms with E-state index < -0.39 is 0 Å². The molecule has 0 unspecified atom stereocenters. The Labute approximate surface area is 172 Å². The first kappa shape index (κ1) is 17.7. The predicted molar refractivity (Wildman–Crippen MR) is 115 cm³/mol. The number of halogens is 1. The summed E-state index contributed by atoms with van der Waals surface area (Å²) >= 11 is 6.43. The van der Waals surface area contributed by atoms with E-state index in [0.717, 1.165) is 45.7 Å². The summed E-state index contributed by atoms with van der Waals surface area (Å²) in [5.74, 6) is -0.0507. The highest BCUT2D eigenvalue weighted by molar-refractivity contribution is 6.33. The summed E-state index contributed by atoms with van der Waals surface area (Å²) in [5, 5.41) is 3.41. The van der Waals surface area contributed by atoms with Crippen LogP contribution in [0.25, 0.3) is 33.5 Å². The minimum Gasteiger partial charge on any atom is -0.399 e. The van der Waals surface area contributed by atoms with E-state index in [1.165, 1.54) is 0 Å². The molecule has 0 aliphatic carbocycles. The van der Waals surface area contributed by atoms with E-state index in [1.807, 2.05) is 37.3 Å². The van der Waals surface area contributed by atoms with E-state index in [4.69, 9.17) is 27.3 Å². The number of carbonyl (C=O) groups is 1. The maximum Gasteiger partial charge on any atom is 0.253 e. The fourth-order valence-corrected chi connectivity index (χ4v) is 4.08. The van der Waals surface area contributed by atoms with Crippen molar-refractivity contribution in [3.05, 3.63) is 64.4 Å². The van der Waals surface area contributed by atoms with Crippen LogP contribution in [0.2, 0.25) is 5.02 Å². The van der Waals surface area contributed by atoms with Gasteiger partial charge in [0, 0.05) is 41.2 Å². The standard InChI is InChI=1S/C22H18ClN5O/c1-11-20(13-6-5-12(24)9-16(13)23)28-21-14(3-2-4-18(21)26-11)19-10-15-17(27-19)7-8-25-22(15)29/h2-6,9-10,27H,7-8,24H2,1H3,(H,25,29). The molecule has 0 atom stereocenters. The fourth-order valence-electron chi connectivity index (χ4n) is 3.80. The second-order valence-electron chi connectivity index (χ2n) is 7.15. The van der Waals surface area contributed by atoms with Crippen LogP contribution in [0.1, 0.15) is 21.7 Å². The van der Waals surface area contributed by atoms with Gasteiger partial charge in [0.1, 0.15) is 0 Å². The molecule has 2 aromatic carbocycles. The minimum atomic E-state index is -0.0507. The SMILES string of the molecule is Cc1nc2cccc(-c3cc4c([nH]3)CCNC4=O)c2nc1-c1ccc(N)cc1Cl. The first-order chi connectivity index (χ1) is 14.0. The molecule has 144 valence electrons. The van der Waals surface area contributed by atoms with Crippen molar-refractivity contribution < 1.29 is 4.79 Å². The monoisotopic (exact) mass is 403 g/mol. The quantitative estimate of drug-likeness (QED) is 0.438. The number of anilines is 1. The van der Waals surface area contributed by atoms with Gasteiger partial charge in [0.05, 0.1) is 33.0 Å². The number of para-hydroxylation sites is 1. The van der Waals surface area contributed by atoms with Crippen LogP contribution in [-0.4, -0.2) is 27.4 Å². The lowest BCUT2D eigenvalue weighted by Gasteiger charge is -2.11. The Bertz CT molecular complexity index is 1290. The number of aromatic nitrogens is 3. The van der Waals surface area contributed by atoms with E-state index in [1.54, 1.807) is 12.1 Å². The van der Waals surface area contributed by atoms with Gasteiger partial charge in [-0.25, -0.2) is 9.97 Å². The Balaban J connectivity index is 1.73. The molecule has 7 heteroatoms. The minimum absolute atomic E-state index is 0.0507. The van der Waals surface area contributed by atoms with Crippen LogP contribution in [0, 0.1) is 6.92 Å². The zero-order valence-corrected chi connectivity index (χ0v) is 16.5. The molecule has 0 radical (unpaired) electrons. The van der Waals surface area contributed by atoms with Gasteiger partial charge in [-0.3, -0.25) is 4.79 Å². The average molecular weight is 404 g/mol. The molecule has 1 aliphatic heterocycles. The summed E-state index contributed by atoms with van der Waals surface area (Å²) in [6.07, 6.45) is 0.781. The molecular weight excluding hydrogens is 386 g/mol. The number of benzene rings is 2. The van der Waals surface area contributed by atoms with Gasteiger partial charge in [-0.2, -0.15) is 0 Å². The molecule has 4 aromatic rings. The average Bonchev–Trinajstić information content (AvgIpc) is 3.13. The molecule has 0 fully saturated rings. The van der Waals surface area contributed by atoms with E-state index in [2.05, 4.69) is 10.3 Å². The predicted octanol–water partition coefficient (Wildman–Crippen LogP) is 4.12. The van der Waals surface area contributed by atoms with E-state index in [0.29, 0.717) is 28.5 Å². The molecule has 2 aromatic heterocycles. The van der Waals surface area contributed by atoms with Crippen LogP contribution in [-0.2, 0) is 6.42 Å². The Kier molecular flexibility index (Phi) is 4.03. The van der Waals surface area contributed by atoms with E-state index in [9.17, 15) is 4.79 Å². The van der Waals surface area contributed by atoms with Gasteiger partial charge < -0.3 is 16.0 Å². The number of hydrogen-bond acceptors (Lipinski definition) is 4. The van der Waals surface area contributed by atoms with Gasteiger partial charge in [-0.15, -0.1) is 0 Å². The van der Waals surface area contributed by atoms with Crippen molar-refractivity contribution in [1.82, 2.24) is 20.3 Å². The van der Waals surface area contributed by atoms with Gasteiger partial charge in [-0.1, -0.05) is 23.7 Å². The van der Waals surface area contributed by atoms with Gasteiger partial charge in [0.2, 0.25) is 0 Å². The lowest BCUT2D eigenvalue weighted by Crippen LogP contribution is -2.31. The lowest BCUT2D eigenvalue weighted by molar-refractivity contribution is 0.0946. The summed E-state index contributed by atoms with van der Waals surface area (Å²) in [6, 6.07) is 13.1. The van der Waals surface area contributed by atoms with Crippen LogP contribution in [0.5, 0.6) is 0 Å². The molecule has 4 N–H and O–H groups in total. The Hall–Kier alpha value is -3.38. The fraction of sp³-hybridized carbons (Fsp3) is 0.136. The smallest absolute Gasteiger partial charge is 0.253 e. The highest BCUT2D eigenvalue weighted by atomic mass is 35.5. The first-order valence-electron chi connectivity index (χ1n) is 9.34. The Morgan fingerprint density at radius 1 is 1.07 bits per heavy atom. The third-order valence-electron chi connectivity index (χ3n) is 5.21. The molecular formula is C22H18ClN5O. The first-order valence-corrected chi connectivity index (χ1v) is 9.72. The topological polar surface area (TPSA) is 96.7 Å². The summed E-state index contributed by atoms with van der Waals surface area (Å²) in [4.78, 5) is 25.2. The van der Waals surface area contributed by atoms with Crippen molar-refractivity contribution in [2.24, 2.45) is 0 Å². The molecule has 1 aliphatic rings. The number of nitrogen functional groups attached to an aromatic ring is 1. The summed E-state index contributed by atoms with van der Waals surface area (Å²) < 4.78 is 0. The van der Waals surface area contributed by atoms with Crippen molar-refractivity contribution in [3.8, 4) is 22.5 Å². The van der Waals surface area contributed by atoms with E-state index >= 15 is 0 Å².